The molecule has 0 bridgehead atoms. The normalized spacial score (nSPS) is 11.0. The lowest BCUT2D eigenvalue weighted by atomic mass is 10.2. The molecule has 7 heteroatoms. The van der Waals surface area contributed by atoms with Gasteiger partial charge in [0.15, 0.2) is 10.3 Å². The van der Waals surface area contributed by atoms with Gasteiger partial charge < -0.3 is 10.2 Å². The number of carbonyl (C=O) groups excluding carboxylic acids is 1. The second-order valence-corrected chi connectivity index (χ2v) is 7.27. The van der Waals surface area contributed by atoms with Crippen LogP contribution in [0.5, 0.6) is 0 Å². The molecule has 0 saturated carbocycles. The van der Waals surface area contributed by atoms with E-state index < -0.39 is 0 Å². The molecule has 1 amide bonds. The molecule has 2 aromatic heterocycles. The number of rotatable bonds is 6. The van der Waals surface area contributed by atoms with Crippen molar-refractivity contribution in [2.75, 3.05) is 18.4 Å². The van der Waals surface area contributed by atoms with Gasteiger partial charge >= 0.3 is 0 Å². The van der Waals surface area contributed by atoms with Crippen molar-refractivity contribution in [2.24, 2.45) is 0 Å². The second kappa shape index (κ2) is 7.27. The molecular formula is C17H20N4OS2. The van der Waals surface area contributed by atoms with Gasteiger partial charge in [0, 0.05) is 13.1 Å². The summed E-state index contributed by atoms with van der Waals surface area (Å²) < 4.78 is 1.13. The summed E-state index contributed by atoms with van der Waals surface area (Å²) in [5, 5.41) is 4.79. The van der Waals surface area contributed by atoms with Crippen molar-refractivity contribution in [1.29, 1.82) is 0 Å². The fourth-order valence-corrected chi connectivity index (χ4v) is 4.43. The number of anilines is 2. The summed E-state index contributed by atoms with van der Waals surface area (Å²) >= 11 is 3.00. The van der Waals surface area contributed by atoms with Crippen molar-refractivity contribution in [1.82, 2.24) is 14.9 Å². The van der Waals surface area contributed by atoms with Crippen molar-refractivity contribution < 1.29 is 4.79 Å². The molecule has 24 heavy (non-hydrogen) atoms. The second-order valence-electron chi connectivity index (χ2n) is 5.24. The molecule has 0 spiro atoms. The monoisotopic (exact) mass is 360 g/mol. The molecule has 1 aromatic carbocycles. The lowest BCUT2D eigenvalue weighted by Crippen LogP contribution is -2.30. The number of aryl methyl sites for hydroxylation is 1. The number of nitrogens with one attached hydrogen (secondary N) is 1. The number of aromatic nitrogens is 2. The molecule has 2 heterocycles. The van der Waals surface area contributed by atoms with Crippen molar-refractivity contribution in [3.63, 3.8) is 0 Å². The largest absolute Gasteiger partial charge is 0.338 e. The average molecular weight is 361 g/mol. The summed E-state index contributed by atoms with van der Waals surface area (Å²) in [4.78, 5) is 24.4. The number of hydrogen-bond donors (Lipinski definition) is 1. The molecule has 0 fully saturated rings. The zero-order valence-electron chi connectivity index (χ0n) is 14.0. The molecule has 3 rings (SSSR count). The SMILES string of the molecule is CCc1nc(Nc2nc3ccccc3s2)sc1C(=O)N(CC)CC. The Morgan fingerprint density at radius 1 is 1.08 bits per heavy atom. The third-order valence-electron chi connectivity index (χ3n) is 3.78. The third-order valence-corrected chi connectivity index (χ3v) is 5.74. The molecule has 5 nitrogen and oxygen atoms in total. The predicted octanol–water partition coefficient (Wildman–Crippen LogP) is 4.54. The molecule has 0 aliphatic heterocycles. The number of hydrogen-bond acceptors (Lipinski definition) is 6. The number of fused-ring (bicyclic) bond motifs is 1. The van der Waals surface area contributed by atoms with Gasteiger partial charge in [0.25, 0.3) is 5.91 Å². The Bertz CT molecular complexity index is 818. The van der Waals surface area contributed by atoms with E-state index in [1.165, 1.54) is 11.3 Å². The fourth-order valence-electron chi connectivity index (χ4n) is 2.48. The van der Waals surface area contributed by atoms with Crippen LogP contribution >= 0.6 is 22.7 Å². The van der Waals surface area contributed by atoms with Crippen LogP contribution in [0, 0.1) is 0 Å². The molecule has 0 aliphatic rings. The van der Waals surface area contributed by atoms with Crippen molar-refractivity contribution >= 4 is 49.1 Å². The topological polar surface area (TPSA) is 58.1 Å². The van der Waals surface area contributed by atoms with Crippen molar-refractivity contribution in [3.05, 3.63) is 34.8 Å². The van der Waals surface area contributed by atoms with Gasteiger partial charge in [-0.25, -0.2) is 9.97 Å². The van der Waals surface area contributed by atoms with Gasteiger partial charge in [-0.1, -0.05) is 41.7 Å². The van der Waals surface area contributed by atoms with E-state index in [9.17, 15) is 4.79 Å². The minimum atomic E-state index is 0.0618. The summed E-state index contributed by atoms with van der Waals surface area (Å²) in [7, 11) is 0. The smallest absolute Gasteiger partial charge is 0.265 e. The van der Waals surface area contributed by atoms with E-state index in [4.69, 9.17) is 0 Å². The lowest BCUT2D eigenvalue weighted by molar-refractivity contribution is 0.0776. The standard InChI is InChI=1S/C17H20N4OS2/c1-4-11-14(15(22)21(5-2)6-3)24-17(18-11)20-16-19-12-9-7-8-10-13(12)23-16/h7-10H,4-6H2,1-3H3,(H,18,19,20). The Labute approximate surface area is 149 Å². The highest BCUT2D eigenvalue weighted by atomic mass is 32.1. The Hall–Kier alpha value is -1.99. The number of benzene rings is 1. The van der Waals surface area contributed by atoms with Gasteiger partial charge in [0.1, 0.15) is 4.88 Å². The first-order valence-corrected chi connectivity index (χ1v) is 9.71. The summed E-state index contributed by atoms with van der Waals surface area (Å²) in [5.74, 6) is 0.0618. The van der Waals surface area contributed by atoms with E-state index >= 15 is 0 Å². The molecule has 0 atom stereocenters. The van der Waals surface area contributed by atoms with Crippen LogP contribution in [0.1, 0.15) is 36.1 Å². The maximum absolute atomic E-state index is 12.6. The van der Waals surface area contributed by atoms with E-state index in [2.05, 4.69) is 15.3 Å². The first kappa shape index (κ1) is 16.9. The van der Waals surface area contributed by atoms with Crippen molar-refractivity contribution in [3.8, 4) is 0 Å². The number of carbonyl (C=O) groups is 1. The first-order valence-electron chi connectivity index (χ1n) is 8.07. The maximum Gasteiger partial charge on any atom is 0.265 e. The van der Waals surface area contributed by atoms with Crippen molar-refractivity contribution in [2.45, 2.75) is 27.2 Å². The highest BCUT2D eigenvalue weighted by Crippen LogP contribution is 2.31. The third kappa shape index (κ3) is 3.27. The van der Waals surface area contributed by atoms with Gasteiger partial charge in [-0.15, -0.1) is 0 Å². The Kier molecular flexibility index (Phi) is 5.11. The lowest BCUT2D eigenvalue weighted by Gasteiger charge is -2.17. The summed E-state index contributed by atoms with van der Waals surface area (Å²) in [6, 6.07) is 8.02. The maximum atomic E-state index is 12.6. The van der Waals surface area contributed by atoms with Crippen LogP contribution in [0.4, 0.5) is 10.3 Å². The molecule has 0 aliphatic carbocycles. The van der Waals surface area contributed by atoms with Gasteiger partial charge in [0.2, 0.25) is 0 Å². The van der Waals surface area contributed by atoms with E-state index in [1.54, 1.807) is 11.3 Å². The molecule has 1 N–H and O–H groups in total. The Morgan fingerprint density at radius 3 is 2.46 bits per heavy atom. The van der Waals surface area contributed by atoms with Crippen LogP contribution in [0.3, 0.4) is 0 Å². The quantitative estimate of drug-likeness (QED) is 0.701. The molecule has 0 unspecified atom stereocenters. The average Bonchev–Trinajstić information content (AvgIpc) is 3.19. The number of nitrogens with zero attached hydrogens (tertiary/aromatic N) is 3. The molecule has 126 valence electrons. The Balaban J connectivity index is 1.87. The zero-order valence-corrected chi connectivity index (χ0v) is 15.6. The van der Waals surface area contributed by atoms with E-state index in [-0.39, 0.29) is 5.91 Å². The van der Waals surface area contributed by atoms with Crippen LogP contribution < -0.4 is 5.32 Å². The zero-order chi connectivity index (χ0) is 17.1. The minimum absolute atomic E-state index is 0.0618. The van der Waals surface area contributed by atoms with Crippen LogP contribution in [0.25, 0.3) is 10.2 Å². The summed E-state index contributed by atoms with van der Waals surface area (Å²) in [6.07, 6.45) is 0.736. The van der Waals surface area contributed by atoms with Crippen LogP contribution in [-0.2, 0) is 6.42 Å². The highest BCUT2D eigenvalue weighted by Gasteiger charge is 2.21. The van der Waals surface area contributed by atoms with E-state index in [0.717, 1.165) is 37.5 Å². The summed E-state index contributed by atoms with van der Waals surface area (Å²) in [6.45, 7) is 7.42. The molecule has 3 aromatic rings. The van der Waals surface area contributed by atoms with Crippen LogP contribution in [0.15, 0.2) is 24.3 Å². The Morgan fingerprint density at radius 2 is 1.79 bits per heavy atom. The molecule has 0 saturated heterocycles. The number of thiazole rings is 2. The van der Waals surface area contributed by atoms with Crippen LogP contribution in [0.2, 0.25) is 0 Å². The number of amides is 1. The van der Waals surface area contributed by atoms with E-state index in [1.807, 2.05) is 49.9 Å². The van der Waals surface area contributed by atoms with Gasteiger partial charge in [0.05, 0.1) is 15.9 Å². The number of para-hydroxylation sites is 1. The summed E-state index contributed by atoms with van der Waals surface area (Å²) in [5.41, 5.74) is 1.82. The van der Waals surface area contributed by atoms with Crippen LogP contribution in [-0.4, -0.2) is 33.9 Å². The molecular weight excluding hydrogens is 340 g/mol. The first-order chi connectivity index (χ1) is 11.7. The van der Waals surface area contributed by atoms with Gasteiger partial charge in [-0.2, -0.15) is 0 Å². The van der Waals surface area contributed by atoms with E-state index in [0.29, 0.717) is 13.1 Å². The van der Waals surface area contributed by atoms with Gasteiger partial charge in [-0.3, -0.25) is 4.79 Å². The highest BCUT2D eigenvalue weighted by molar-refractivity contribution is 7.23. The van der Waals surface area contributed by atoms with Gasteiger partial charge in [-0.05, 0) is 32.4 Å². The molecule has 0 radical (unpaired) electrons. The predicted molar refractivity (Wildman–Crippen MR) is 102 cm³/mol. The minimum Gasteiger partial charge on any atom is -0.338 e. The fraction of sp³-hybridized carbons (Fsp3) is 0.353.